The van der Waals surface area contributed by atoms with Crippen LogP contribution in [0.1, 0.15) is 0 Å². The number of anilines is 2. The van der Waals surface area contributed by atoms with Gasteiger partial charge in [-0.15, -0.1) is 11.8 Å². The molecule has 104 valence electrons. The number of nitrogens with two attached hydrogens (primary N) is 1. The number of halogens is 2. The highest BCUT2D eigenvalue weighted by Gasteiger charge is 2.06. The van der Waals surface area contributed by atoms with Gasteiger partial charge in [-0.2, -0.15) is 0 Å². The van der Waals surface area contributed by atoms with E-state index in [1.54, 1.807) is 18.2 Å². The summed E-state index contributed by atoms with van der Waals surface area (Å²) in [6.07, 6.45) is 0. The van der Waals surface area contributed by atoms with E-state index in [4.69, 9.17) is 17.3 Å². The minimum Gasteiger partial charge on any atom is -0.398 e. The number of rotatable bonds is 4. The number of benzene rings is 2. The molecule has 0 aliphatic rings. The highest BCUT2D eigenvalue weighted by Crippen LogP contribution is 2.28. The molecule has 0 saturated carbocycles. The number of carbonyl (C=O) groups is 1. The summed E-state index contributed by atoms with van der Waals surface area (Å²) in [5, 5.41) is 3.46. The maximum Gasteiger partial charge on any atom is 0.234 e. The Morgan fingerprint density at radius 1 is 1.30 bits per heavy atom. The average Bonchev–Trinajstić information content (AvgIpc) is 2.40. The van der Waals surface area contributed by atoms with Crippen molar-refractivity contribution in [3.8, 4) is 0 Å². The first-order valence-corrected chi connectivity index (χ1v) is 8.22. The second-order valence-corrected chi connectivity index (χ2v) is 6.73. The molecular formula is C14H12ClIN2OS. The summed E-state index contributed by atoms with van der Waals surface area (Å²) in [6, 6.07) is 12.9. The Hall–Kier alpha value is -0.920. The molecule has 1 amide bonds. The van der Waals surface area contributed by atoms with Crippen molar-refractivity contribution >= 4 is 63.2 Å². The lowest BCUT2D eigenvalue weighted by molar-refractivity contribution is -0.113. The molecule has 3 N–H and O–H groups in total. The van der Waals surface area contributed by atoms with Crippen LogP contribution in [0, 0.1) is 3.57 Å². The van der Waals surface area contributed by atoms with Gasteiger partial charge in [-0.1, -0.05) is 17.7 Å². The van der Waals surface area contributed by atoms with Crippen molar-refractivity contribution in [1.29, 1.82) is 0 Å². The number of hydrogen-bond donors (Lipinski definition) is 2. The standard InChI is InChI=1S/C14H12ClIN2OS/c15-9-4-5-12(17)13(6-9)20-8-14(19)18-11-3-1-2-10(16)7-11/h1-7H,8,17H2,(H,18,19). The summed E-state index contributed by atoms with van der Waals surface area (Å²) >= 11 is 9.48. The first kappa shape index (κ1) is 15.5. The van der Waals surface area contributed by atoms with E-state index in [0.29, 0.717) is 10.7 Å². The van der Waals surface area contributed by atoms with Crippen LogP contribution >= 0.6 is 46.0 Å². The van der Waals surface area contributed by atoms with Gasteiger partial charge in [0.15, 0.2) is 0 Å². The van der Waals surface area contributed by atoms with Crippen molar-refractivity contribution in [3.63, 3.8) is 0 Å². The molecule has 2 aromatic carbocycles. The largest absolute Gasteiger partial charge is 0.398 e. The SMILES string of the molecule is Nc1ccc(Cl)cc1SCC(=O)Nc1cccc(I)c1. The summed E-state index contributed by atoms with van der Waals surface area (Å²) in [7, 11) is 0. The van der Waals surface area contributed by atoms with Gasteiger partial charge in [-0.25, -0.2) is 0 Å². The summed E-state index contributed by atoms with van der Waals surface area (Å²) in [5.74, 6) is 0.215. The predicted molar refractivity (Wildman–Crippen MR) is 94.4 cm³/mol. The van der Waals surface area contributed by atoms with Crippen LogP contribution in [0.2, 0.25) is 5.02 Å². The molecule has 6 heteroatoms. The minimum atomic E-state index is -0.0728. The van der Waals surface area contributed by atoms with Gasteiger partial charge in [0, 0.05) is 24.9 Å². The first-order valence-electron chi connectivity index (χ1n) is 5.78. The van der Waals surface area contributed by atoms with Gasteiger partial charge in [-0.3, -0.25) is 4.79 Å². The number of nitrogens with one attached hydrogen (secondary N) is 1. The summed E-state index contributed by atoms with van der Waals surface area (Å²) in [6.45, 7) is 0. The Kier molecular flexibility index (Phi) is 5.56. The van der Waals surface area contributed by atoms with Crippen LogP contribution in [0.5, 0.6) is 0 Å². The summed E-state index contributed by atoms with van der Waals surface area (Å²) in [4.78, 5) is 12.7. The summed E-state index contributed by atoms with van der Waals surface area (Å²) in [5.41, 5.74) is 7.26. The predicted octanol–water partition coefficient (Wildman–Crippen LogP) is 4.26. The Bertz CT molecular complexity index is 636. The molecule has 0 aliphatic heterocycles. The maximum absolute atomic E-state index is 11.9. The zero-order chi connectivity index (χ0) is 14.5. The Labute approximate surface area is 140 Å². The van der Waals surface area contributed by atoms with E-state index in [-0.39, 0.29) is 11.7 Å². The fourth-order valence-corrected chi connectivity index (χ4v) is 3.12. The Balaban J connectivity index is 1.94. The zero-order valence-electron chi connectivity index (χ0n) is 10.4. The van der Waals surface area contributed by atoms with E-state index < -0.39 is 0 Å². The molecule has 0 radical (unpaired) electrons. The lowest BCUT2D eigenvalue weighted by Crippen LogP contribution is -2.14. The van der Waals surface area contributed by atoms with Crippen molar-refractivity contribution < 1.29 is 4.79 Å². The van der Waals surface area contributed by atoms with Gasteiger partial charge in [0.2, 0.25) is 5.91 Å². The smallest absolute Gasteiger partial charge is 0.234 e. The van der Waals surface area contributed by atoms with Crippen molar-refractivity contribution in [2.24, 2.45) is 0 Å². The molecule has 0 fully saturated rings. The second-order valence-electron chi connectivity index (χ2n) is 4.03. The van der Waals surface area contributed by atoms with Gasteiger partial charge in [0.1, 0.15) is 0 Å². The normalized spacial score (nSPS) is 10.3. The molecular weight excluding hydrogens is 407 g/mol. The molecule has 0 saturated heterocycles. The third-order valence-electron chi connectivity index (χ3n) is 2.44. The molecule has 20 heavy (non-hydrogen) atoms. The number of thioether (sulfide) groups is 1. The van der Waals surface area contributed by atoms with E-state index in [9.17, 15) is 4.79 Å². The fourth-order valence-electron chi connectivity index (χ4n) is 1.54. The molecule has 2 aromatic rings. The first-order chi connectivity index (χ1) is 9.54. The van der Waals surface area contributed by atoms with Crippen LogP contribution in [-0.2, 0) is 4.79 Å². The quantitative estimate of drug-likeness (QED) is 0.443. The van der Waals surface area contributed by atoms with Crippen LogP contribution in [0.15, 0.2) is 47.4 Å². The third-order valence-corrected chi connectivity index (χ3v) is 4.42. The molecule has 0 heterocycles. The molecule has 0 aromatic heterocycles. The van der Waals surface area contributed by atoms with Crippen molar-refractivity contribution in [1.82, 2.24) is 0 Å². The van der Waals surface area contributed by atoms with Crippen LogP contribution in [0.3, 0.4) is 0 Å². The van der Waals surface area contributed by atoms with Gasteiger partial charge in [0.25, 0.3) is 0 Å². The van der Waals surface area contributed by atoms with Crippen molar-refractivity contribution in [3.05, 3.63) is 51.1 Å². The van der Waals surface area contributed by atoms with Crippen molar-refractivity contribution in [2.75, 3.05) is 16.8 Å². The van der Waals surface area contributed by atoms with Crippen LogP contribution in [0.25, 0.3) is 0 Å². The second kappa shape index (κ2) is 7.19. The molecule has 0 atom stereocenters. The Morgan fingerprint density at radius 2 is 2.10 bits per heavy atom. The number of amides is 1. The van der Waals surface area contributed by atoms with Crippen LogP contribution in [-0.4, -0.2) is 11.7 Å². The van der Waals surface area contributed by atoms with E-state index in [0.717, 1.165) is 14.2 Å². The lowest BCUT2D eigenvalue weighted by atomic mass is 10.3. The minimum absolute atomic E-state index is 0.0728. The fraction of sp³-hybridized carbons (Fsp3) is 0.0714. The molecule has 0 aliphatic carbocycles. The van der Waals surface area contributed by atoms with Crippen LogP contribution < -0.4 is 11.1 Å². The Morgan fingerprint density at radius 3 is 2.85 bits per heavy atom. The van der Waals surface area contributed by atoms with E-state index >= 15 is 0 Å². The number of hydrogen-bond acceptors (Lipinski definition) is 3. The third kappa shape index (κ3) is 4.57. The van der Waals surface area contributed by atoms with Gasteiger partial charge in [-0.05, 0) is 59.0 Å². The molecule has 0 spiro atoms. The highest BCUT2D eigenvalue weighted by atomic mass is 127. The van der Waals surface area contributed by atoms with Crippen LogP contribution in [0.4, 0.5) is 11.4 Å². The van der Waals surface area contributed by atoms with E-state index in [1.165, 1.54) is 11.8 Å². The van der Waals surface area contributed by atoms with Gasteiger partial charge < -0.3 is 11.1 Å². The zero-order valence-corrected chi connectivity index (χ0v) is 14.1. The molecule has 0 unspecified atom stereocenters. The molecule has 3 nitrogen and oxygen atoms in total. The molecule has 2 rings (SSSR count). The van der Waals surface area contributed by atoms with E-state index in [1.807, 2.05) is 24.3 Å². The highest BCUT2D eigenvalue weighted by molar-refractivity contribution is 14.1. The number of nitrogen functional groups attached to an aromatic ring is 1. The monoisotopic (exact) mass is 418 g/mol. The summed E-state index contributed by atoms with van der Waals surface area (Å²) < 4.78 is 1.08. The van der Waals surface area contributed by atoms with E-state index in [2.05, 4.69) is 27.9 Å². The number of carbonyl (C=O) groups excluding carboxylic acids is 1. The molecule has 0 bridgehead atoms. The maximum atomic E-state index is 11.9. The van der Waals surface area contributed by atoms with Crippen molar-refractivity contribution in [2.45, 2.75) is 4.90 Å². The average molecular weight is 419 g/mol. The van der Waals surface area contributed by atoms with Gasteiger partial charge >= 0.3 is 0 Å². The lowest BCUT2D eigenvalue weighted by Gasteiger charge is -2.07. The topological polar surface area (TPSA) is 55.1 Å². The van der Waals surface area contributed by atoms with Gasteiger partial charge in [0.05, 0.1) is 5.75 Å².